The van der Waals surface area contributed by atoms with Gasteiger partial charge in [0.15, 0.2) is 5.82 Å². The Hall–Kier alpha value is -3.02. The van der Waals surface area contributed by atoms with Gasteiger partial charge in [0.25, 0.3) is 5.56 Å². The van der Waals surface area contributed by atoms with Crippen molar-refractivity contribution in [1.29, 1.82) is 0 Å². The smallest absolute Gasteiger partial charge is 0.266 e. The first kappa shape index (κ1) is 17.4. The third kappa shape index (κ3) is 4.05. The van der Waals surface area contributed by atoms with Gasteiger partial charge >= 0.3 is 0 Å². The van der Waals surface area contributed by atoms with Gasteiger partial charge in [-0.2, -0.15) is 9.50 Å². The van der Waals surface area contributed by atoms with Gasteiger partial charge < -0.3 is 0 Å². The highest BCUT2D eigenvalue weighted by Crippen LogP contribution is 2.12. The minimum absolute atomic E-state index is 0.161. The number of allylic oxidation sites excluding steroid dienone is 1. The van der Waals surface area contributed by atoms with Crippen molar-refractivity contribution in [1.82, 2.24) is 14.6 Å². The molecule has 4 rings (SSSR count). The lowest BCUT2D eigenvalue weighted by Gasteiger charge is -1.91. The third-order valence-corrected chi connectivity index (χ3v) is 5.06. The molecule has 0 atom stereocenters. The fourth-order valence-electron chi connectivity index (χ4n) is 2.49. The monoisotopic (exact) mass is 391 g/mol. The van der Waals surface area contributed by atoms with Crippen molar-refractivity contribution < 1.29 is 0 Å². The van der Waals surface area contributed by atoms with E-state index in [1.165, 1.54) is 15.9 Å². The van der Waals surface area contributed by atoms with Crippen molar-refractivity contribution >= 4 is 52.2 Å². The minimum Gasteiger partial charge on any atom is -0.266 e. The van der Waals surface area contributed by atoms with E-state index in [9.17, 15) is 4.79 Å². The molecular weight excluding hydrogens is 378 g/mol. The van der Waals surface area contributed by atoms with Crippen molar-refractivity contribution in [3.05, 3.63) is 97.5 Å². The van der Waals surface area contributed by atoms with Crippen LogP contribution in [0.3, 0.4) is 0 Å². The normalized spacial score (nSPS) is 12.7. The molecule has 2 heterocycles. The van der Waals surface area contributed by atoms with E-state index < -0.39 is 0 Å². The molecule has 4 aromatic rings. The van der Waals surface area contributed by atoms with Crippen LogP contribution in [0.5, 0.6) is 0 Å². The Kier molecular flexibility index (Phi) is 4.96. The lowest BCUT2D eigenvalue weighted by Crippen LogP contribution is -2.23. The predicted octanol–water partition coefficient (Wildman–Crippen LogP) is 4.19. The number of nitrogens with zero attached hydrogens (tertiary/aromatic N) is 3. The molecule has 0 saturated heterocycles. The molecule has 0 aliphatic carbocycles. The van der Waals surface area contributed by atoms with E-state index in [4.69, 9.17) is 11.6 Å². The molecule has 132 valence electrons. The molecule has 6 heteroatoms. The summed E-state index contributed by atoms with van der Waals surface area (Å²) in [6, 6.07) is 17.4. The van der Waals surface area contributed by atoms with Crippen LogP contribution >= 0.6 is 22.9 Å². The highest BCUT2D eigenvalue weighted by atomic mass is 35.5. The molecule has 0 radical (unpaired) electrons. The Morgan fingerprint density at radius 3 is 2.41 bits per heavy atom. The Morgan fingerprint density at radius 2 is 1.67 bits per heavy atom. The summed E-state index contributed by atoms with van der Waals surface area (Å²) >= 11 is 7.20. The molecular formula is C21H14ClN3OS. The van der Waals surface area contributed by atoms with Gasteiger partial charge in [0.2, 0.25) is 4.96 Å². The maximum absolute atomic E-state index is 12.5. The molecule has 4 nitrogen and oxygen atoms in total. The number of halogens is 1. The van der Waals surface area contributed by atoms with Crippen molar-refractivity contribution in [2.75, 3.05) is 0 Å². The van der Waals surface area contributed by atoms with E-state index in [-0.39, 0.29) is 5.56 Å². The zero-order valence-electron chi connectivity index (χ0n) is 14.1. The fraction of sp³-hybridized carbons (Fsp3) is 0. The number of hydrogen-bond donors (Lipinski definition) is 0. The fourth-order valence-corrected chi connectivity index (χ4v) is 3.48. The second-order valence-corrected chi connectivity index (χ2v) is 7.20. The largest absolute Gasteiger partial charge is 0.291 e. The van der Waals surface area contributed by atoms with Crippen LogP contribution in [-0.2, 0) is 0 Å². The standard InChI is InChI=1S/C21H14ClN3OS/c22-17-12-9-16(10-13-17)11-14-19-23-21-25(24-19)20(26)18(27-21)8-4-7-15-5-2-1-3-6-15/h1-14H. The summed E-state index contributed by atoms with van der Waals surface area (Å²) in [4.78, 5) is 17.4. The van der Waals surface area contributed by atoms with Gasteiger partial charge in [0, 0.05) is 5.02 Å². The summed E-state index contributed by atoms with van der Waals surface area (Å²) in [5.74, 6) is 0.500. The van der Waals surface area contributed by atoms with E-state index in [1.54, 1.807) is 12.2 Å². The van der Waals surface area contributed by atoms with Crippen molar-refractivity contribution in [3.63, 3.8) is 0 Å². The summed E-state index contributed by atoms with van der Waals surface area (Å²) in [5.41, 5.74) is 1.90. The molecule has 0 saturated carbocycles. The highest BCUT2D eigenvalue weighted by Gasteiger charge is 2.08. The summed E-state index contributed by atoms with van der Waals surface area (Å²) in [5, 5.41) is 4.97. The van der Waals surface area contributed by atoms with Gasteiger partial charge in [-0.05, 0) is 35.4 Å². The Balaban J connectivity index is 1.58. The molecule has 0 fully saturated rings. The average molecular weight is 392 g/mol. The number of thiazole rings is 1. The Morgan fingerprint density at radius 1 is 0.926 bits per heavy atom. The van der Waals surface area contributed by atoms with Crippen LogP contribution in [0.25, 0.3) is 29.3 Å². The first-order valence-electron chi connectivity index (χ1n) is 8.26. The first-order chi connectivity index (χ1) is 13.2. The maximum atomic E-state index is 12.5. The van der Waals surface area contributed by atoms with Crippen LogP contribution in [0.1, 0.15) is 17.0 Å². The van der Waals surface area contributed by atoms with Gasteiger partial charge in [-0.15, -0.1) is 5.10 Å². The lowest BCUT2D eigenvalue weighted by atomic mass is 10.2. The van der Waals surface area contributed by atoms with Gasteiger partial charge in [0.1, 0.15) is 0 Å². The molecule has 0 N–H and O–H groups in total. The molecule has 0 bridgehead atoms. The van der Waals surface area contributed by atoms with E-state index in [0.717, 1.165) is 11.1 Å². The third-order valence-electron chi connectivity index (χ3n) is 3.83. The van der Waals surface area contributed by atoms with Crippen molar-refractivity contribution in [2.24, 2.45) is 0 Å². The van der Waals surface area contributed by atoms with Gasteiger partial charge in [-0.3, -0.25) is 4.79 Å². The summed E-state index contributed by atoms with van der Waals surface area (Å²) in [6.07, 6.45) is 9.27. The molecule has 0 aliphatic rings. The second kappa shape index (κ2) is 7.70. The van der Waals surface area contributed by atoms with Crippen LogP contribution in [0.4, 0.5) is 0 Å². The molecule has 0 aliphatic heterocycles. The van der Waals surface area contributed by atoms with Crippen LogP contribution < -0.4 is 10.1 Å². The van der Waals surface area contributed by atoms with E-state index in [2.05, 4.69) is 10.1 Å². The predicted molar refractivity (Wildman–Crippen MR) is 113 cm³/mol. The van der Waals surface area contributed by atoms with E-state index >= 15 is 0 Å². The minimum atomic E-state index is -0.161. The molecule has 0 unspecified atom stereocenters. The number of hydrogen-bond acceptors (Lipinski definition) is 4. The molecule has 0 spiro atoms. The number of rotatable bonds is 4. The van der Waals surface area contributed by atoms with Gasteiger partial charge in [-0.1, -0.05) is 83.6 Å². The Labute approximate surface area is 164 Å². The Bertz CT molecular complexity index is 1240. The maximum Gasteiger partial charge on any atom is 0.291 e. The van der Waals surface area contributed by atoms with Crippen molar-refractivity contribution in [2.45, 2.75) is 0 Å². The van der Waals surface area contributed by atoms with Gasteiger partial charge in [-0.25, -0.2) is 0 Å². The van der Waals surface area contributed by atoms with Crippen molar-refractivity contribution in [3.8, 4) is 0 Å². The van der Waals surface area contributed by atoms with Crippen LogP contribution in [0.15, 0.2) is 65.5 Å². The highest BCUT2D eigenvalue weighted by molar-refractivity contribution is 7.15. The first-order valence-corrected chi connectivity index (χ1v) is 9.45. The van der Waals surface area contributed by atoms with E-state index in [0.29, 0.717) is 20.3 Å². The van der Waals surface area contributed by atoms with Crippen LogP contribution in [0, 0.1) is 0 Å². The zero-order valence-corrected chi connectivity index (χ0v) is 15.7. The molecule has 2 aromatic carbocycles. The lowest BCUT2D eigenvalue weighted by molar-refractivity contribution is 0.925. The summed E-state index contributed by atoms with van der Waals surface area (Å²) in [7, 11) is 0. The van der Waals surface area contributed by atoms with Crippen LogP contribution in [-0.4, -0.2) is 14.6 Å². The van der Waals surface area contributed by atoms with Gasteiger partial charge in [0.05, 0.1) is 4.53 Å². The molecule has 2 aromatic heterocycles. The number of benzene rings is 2. The topological polar surface area (TPSA) is 47.3 Å². The second-order valence-electron chi connectivity index (χ2n) is 5.76. The van der Waals surface area contributed by atoms with E-state index in [1.807, 2.05) is 72.8 Å². The summed E-state index contributed by atoms with van der Waals surface area (Å²) < 4.78 is 1.94. The van der Waals surface area contributed by atoms with Crippen LogP contribution in [0.2, 0.25) is 5.02 Å². The number of fused-ring (bicyclic) bond motifs is 1. The quantitative estimate of drug-likeness (QED) is 0.524. The summed E-state index contributed by atoms with van der Waals surface area (Å²) in [6.45, 7) is 0. The molecule has 0 amide bonds. The average Bonchev–Trinajstić information content (AvgIpc) is 3.21. The zero-order chi connectivity index (χ0) is 18.6. The number of aromatic nitrogens is 3. The molecule has 27 heavy (non-hydrogen) atoms. The SMILES string of the molecule is O=c1c(=CC=Cc2ccccc2)sc2nc(C=Cc3ccc(Cl)cc3)nn12.